The van der Waals surface area contributed by atoms with Gasteiger partial charge in [0.25, 0.3) is 5.41 Å². The quantitative estimate of drug-likeness (QED) is 0.0270. The van der Waals surface area contributed by atoms with Gasteiger partial charge in [0, 0.05) is 13.1 Å². The summed E-state index contributed by atoms with van der Waals surface area (Å²) in [6, 6.07) is 2.70. The fraction of sp³-hybridized carbons (Fsp3) is 0.414. The van der Waals surface area contributed by atoms with Crippen molar-refractivity contribution >= 4 is 167 Å². The number of hydrogen-bond acceptors (Lipinski definition) is 37. The van der Waals surface area contributed by atoms with Crippen LogP contribution in [0.1, 0.15) is 76.0 Å². The summed E-state index contributed by atoms with van der Waals surface area (Å²) in [5.41, 5.74) is -11.0. The molecule has 0 amide bonds. The second-order valence-corrected chi connectivity index (χ2v) is 22.1. The van der Waals surface area contributed by atoms with E-state index in [1.807, 2.05) is 0 Å². The maximum atomic E-state index is 10.6. The van der Waals surface area contributed by atoms with Crippen molar-refractivity contribution in [2.24, 2.45) is 22.7 Å². The first kappa shape index (κ1) is 123. The average molecular weight is 1810 g/mol. The number of aliphatic hydroxyl groups excluding tert-OH is 6. The molecular weight excluding hydrogens is 1730 g/mol. The highest BCUT2D eigenvalue weighted by Gasteiger charge is 2.62. The summed E-state index contributed by atoms with van der Waals surface area (Å²) in [6.45, 7) is -2.25. The molecule has 0 saturated carbocycles. The lowest BCUT2D eigenvalue weighted by Crippen LogP contribution is -2.52. The van der Waals surface area contributed by atoms with Crippen LogP contribution in [-0.2, 0) is 120 Å². The Morgan fingerprint density at radius 1 is 0.260 bits per heavy atom. The number of carbonyl (C=O) groups is 28. The Balaban J connectivity index is -0.000000203. The molecule has 4 unspecified atom stereocenters. The lowest BCUT2D eigenvalue weighted by molar-refractivity contribution is -0.185. The maximum Gasteiger partial charge on any atom is 0.354 e. The SMILES string of the molecule is O=C(O)C(C(=O)O)(C(=O)O)C(=O)O.O=C(O)C(C(=O)O)C(C(=O)O)C(=O)O.O=C(O)C(O)C(O)C(O)C(=O)O.O=C(O)CC(C(=O)O)(C(=O)O)C(=O)O.O=C(O)CC(O)(CC(=O)O)C(=O)O.O=C(O)CC(O)C(O)CC(=O)O.O=C(O)CC(O)CC(=O)O.O=C(O)CN(CCN(CC(=O)O)CC(=O)O)CC(=O)O.O=C(O)c1cc(C(=O)O)cc(C(=O)O)c1. The lowest BCUT2D eigenvalue weighted by Gasteiger charge is -2.23. The van der Waals surface area contributed by atoms with Crippen LogP contribution in [0.2, 0.25) is 0 Å². The van der Waals surface area contributed by atoms with Crippen LogP contribution in [0.4, 0.5) is 0 Å². The van der Waals surface area contributed by atoms with E-state index < -0.39 is 303 Å². The van der Waals surface area contributed by atoms with Gasteiger partial charge in [0.2, 0.25) is 0 Å². The largest absolute Gasteiger partial charge is 0.481 e. The van der Waals surface area contributed by atoms with Gasteiger partial charge in [0.05, 0.1) is 106 Å². The summed E-state index contributed by atoms with van der Waals surface area (Å²) in [5.74, 6) is -54.0. The molecular formula is C58H72N2O63. The molecule has 0 radical (unpaired) electrons. The Morgan fingerprint density at radius 3 is 0.593 bits per heavy atom. The van der Waals surface area contributed by atoms with Crippen LogP contribution in [0.15, 0.2) is 18.2 Å². The molecule has 4 atom stereocenters. The lowest BCUT2D eigenvalue weighted by atomic mass is 9.85. The molecule has 0 aliphatic carbocycles. The van der Waals surface area contributed by atoms with E-state index >= 15 is 0 Å². The summed E-state index contributed by atoms with van der Waals surface area (Å²) in [7, 11) is 0. The van der Waals surface area contributed by atoms with E-state index in [1.165, 1.54) is 0 Å². The highest BCUT2D eigenvalue weighted by Crippen LogP contribution is 2.24. The predicted molar refractivity (Wildman–Crippen MR) is 356 cm³/mol. The van der Waals surface area contributed by atoms with Crippen molar-refractivity contribution in [3.05, 3.63) is 34.9 Å². The van der Waals surface area contributed by atoms with Gasteiger partial charge in [-0.3, -0.25) is 96.1 Å². The van der Waals surface area contributed by atoms with Gasteiger partial charge in [-0.2, -0.15) is 0 Å². The van der Waals surface area contributed by atoms with Crippen molar-refractivity contribution in [3.8, 4) is 0 Å². The Bertz CT molecular complexity index is 3680. The number of hydrogen-bond donors (Lipinski definition) is 35. The normalized spacial score (nSPS) is 11.5. The second kappa shape index (κ2) is 58.8. The van der Waals surface area contributed by atoms with E-state index in [1.54, 1.807) is 0 Å². The van der Waals surface area contributed by atoms with Crippen LogP contribution in [0.3, 0.4) is 0 Å². The van der Waals surface area contributed by atoms with Crippen molar-refractivity contribution in [2.45, 2.75) is 87.2 Å². The zero-order valence-corrected chi connectivity index (χ0v) is 60.5. The van der Waals surface area contributed by atoms with Gasteiger partial charge in [-0.15, -0.1) is 0 Å². The van der Waals surface area contributed by atoms with Gasteiger partial charge in [0.15, 0.2) is 29.6 Å². The van der Waals surface area contributed by atoms with E-state index in [4.69, 9.17) is 179 Å². The van der Waals surface area contributed by atoms with Crippen LogP contribution in [-0.4, -0.2) is 437 Å². The van der Waals surface area contributed by atoms with Gasteiger partial charge in [-0.05, 0) is 18.2 Å². The van der Waals surface area contributed by atoms with E-state index in [2.05, 4.69) is 0 Å². The van der Waals surface area contributed by atoms with Crippen molar-refractivity contribution in [3.63, 3.8) is 0 Å². The first-order chi connectivity index (χ1) is 55.5. The fourth-order valence-electron chi connectivity index (χ4n) is 6.82. The zero-order valence-electron chi connectivity index (χ0n) is 60.5. The Hall–Kier alpha value is -16.0. The van der Waals surface area contributed by atoms with Gasteiger partial charge < -0.3 is 179 Å². The first-order valence-corrected chi connectivity index (χ1v) is 30.3. The fourth-order valence-corrected chi connectivity index (χ4v) is 6.82. The van der Waals surface area contributed by atoms with Gasteiger partial charge in [-0.25, -0.2) is 47.9 Å². The predicted octanol–water partition coefficient (Wildman–Crippen LogP) is -11.8. The van der Waals surface area contributed by atoms with Crippen LogP contribution in [0.25, 0.3) is 0 Å². The van der Waals surface area contributed by atoms with E-state index in [0.717, 1.165) is 28.0 Å². The van der Waals surface area contributed by atoms with Crippen molar-refractivity contribution < 1.29 is 313 Å². The highest BCUT2D eigenvalue weighted by molar-refractivity contribution is 6.31. The number of aromatic carboxylic acids is 3. The number of aliphatic hydroxyl groups is 7. The molecule has 0 saturated heterocycles. The smallest absolute Gasteiger partial charge is 0.354 e. The maximum absolute atomic E-state index is 10.6. The standard InChI is InChI=1S/C10H16N2O8.C9H6O6.2C6H6O8.C6H8O7.C6H10O6.C5H4O8.C5H8O7.C5H8O5/c13-7(14)3-11(4-8(15)16)1-2-12(5-9(17)18)6-10(19)20;10-7(11)4-1-5(8(12)13)3-6(2-4)9(14)15;7-2(8)1-6(3(9)10,4(11)12)5(13)14;7-3(8)1(4(9)10)2(5(11)12)6(13)14;7-3(8)1-6(13,5(11)12)2-4(9)10;7-3(1-5(9)10)4(8)2-6(11)12;6-1(7)5(2(8)9,3(10)11)4(12)13;6-1(2(7)4(9)10)3(8)5(11)12;6-3(1-4(7)8)2-5(9)10/h1-6H2,(H,13,14)(H,15,16)(H,17,18)(H,19,20);1-3H,(H,10,11)(H,12,13)(H,14,15);1H2,(H,7,8)(H,9,10)(H,11,12)(H,13,14);1-2H,(H,7,8)(H,9,10)(H,11,12)(H,13,14);13H,1-2H2,(H,7,8)(H,9,10)(H,11,12);3-4,7-8H,1-2H2,(H,9,10)(H,11,12);(H,6,7)(H,8,9)(H,10,11)(H,12,13);1-3,6-8H,(H,9,10)(H,11,12);3,6H,1-2H2,(H,7,8)(H,9,10). The third-order valence-corrected chi connectivity index (χ3v) is 12.5. The van der Waals surface area contributed by atoms with Gasteiger partial charge >= 0.3 is 173 Å². The molecule has 0 heterocycles. The number of benzene rings is 1. The van der Waals surface area contributed by atoms with Crippen LogP contribution < -0.4 is 0 Å². The van der Waals surface area contributed by atoms with Crippen molar-refractivity contribution in [1.82, 2.24) is 9.80 Å². The molecule has 0 aromatic heterocycles. The number of aliphatic carboxylic acids is 25. The molecule has 35 N–H and O–H groups in total. The van der Waals surface area contributed by atoms with Crippen LogP contribution in [0, 0.1) is 22.7 Å². The molecule has 0 aliphatic heterocycles. The summed E-state index contributed by atoms with van der Waals surface area (Å²) < 4.78 is 0. The summed E-state index contributed by atoms with van der Waals surface area (Å²) in [4.78, 5) is 289. The Morgan fingerprint density at radius 2 is 0.472 bits per heavy atom. The summed E-state index contributed by atoms with van der Waals surface area (Å²) in [5, 5.41) is 294. The topological polar surface area (TPSA) is 1190 Å². The molecule has 0 aliphatic rings. The molecule has 1 aromatic rings. The minimum absolute atomic E-state index is 0.0703. The van der Waals surface area contributed by atoms with Crippen molar-refractivity contribution in [2.75, 3.05) is 39.3 Å². The van der Waals surface area contributed by atoms with E-state index in [-0.39, 0.29) is 29.8 Å². The molecule has 123 heavy (non-hydrogen) atoms. The molecule has 1 rings (SSSR count). The zero-order chi connectivity index (χ0) is 99.5. The van der Waals surface area contributed by atoms with Gasteiger partial charge in [0.1, 0.15) is 6.10 Å². The number of carboxylic acid groups (broad SMARTS) is 28. The monoisotopic (exact) mass is 1800 g/mol. The van der Waals surface area contributed by atoms with Crippen molar-refractivity contribution in [1.29, 1.82) is 0 Å². The third-order valence-electron chi connectivity index (χ3n) is 12.5. The number of nitrogens with zero attached hydrogens (tertiary/aromatic N) is 2. The third kappa shape index (κ3) is 52.4. The second-order valence-electron chi connectivity index (χ2n) is 22.1. The molecule has 0 fully saturated rings. The van der Waals surface area contributed by atoms with Gasteiger partial charge in [-0.1, -0.05) is 0 Å². The number of carboxylic acids is 28. The minimum Gasteiger partial charge on any atom is -0.481 e. The minimum atomic E-state index is -3.83. The molecule has 65 nitrogen and oxygen atoms in total. The Kier molecular flexibility index (Phi) is 58.6. The molecule has 0 spiro atoms. The van der Waals surface area contributed by atoms with E-state index in [0.29, 0.717) is 0 Å². The Labute approximate surface area is 672 Å². The van der Waals surface area contributed by atoms with E-state index in [9.17, 15) is 134 Å². The summed E-state index contributed by atoms with van der Waals surface area (Å²) in [6.07, 6.45) is -17.4. The molecule has 65 heteroatoms. The number of rotatable bonds is 46. The van der Waals surface area contributed by atoms with Crippen LogP contribution >= 0.6 is 0 Å². The highest BCUT2D eigenvalue weighted by atomic mass is 16.5. The molecule has 0 bridgehead atoms. The molecule has 1 aromatic carbocycles. The summed E-state index contributed by atoms with van der Waals surface area (Å²) >= 11 is 0. The average Bonchev–Trinajstić information content (AvgIpc) is 0.795. The first-order valence-electron chi connectivity index (χ1n) is 30.3. The molecule has 692 valence electrons. The van der Waals surface area contributed by atoms with Crippen LogP contribution in [0.5, 0.6) is 0 Å².